The first kappa shape index (κ1) is 20.3. The molecule has 2 aliphatic rings. The molecule has 0 spiro atoms. The molecule has 0 atom stereocenters. The summed E-state index contributed by atoms with van der Waals surface area (Å²) in [4.78, 5) is 17.1. The number of nitrogens with zero attached hydrogens (tertiary/aromatic N) is 2. The van der Waals surface area contributed by atoms with Gasteiger partial charge in [0.25, 0.3) is 0 Å². The van der Waals surface area contributed by atoms with Crippen molar-refractivity contribution in [3.63, 3.8) is 0 Å². The van der Waals surface area contributed by atoms with Gasteiger partial charge in [0.15, 0.2) is 5.13 Å². The van der Waals surface area contributed by atoms with E-state index in [0.717, 1.165) is 48.2 Å². The van der Waals surface area contributed by atoms with Gasteiger partial charge in [-0.25, -0.2) is 13.4 Å². The second kappa shape index (κ2) is 8.04. The molecule has 2 aromatic rings. The van der Waals surface area contributed by atoms with Crippen molar-refractivity contribution in [2.45, 2.75) is 38.2 Å². The van der Waals surface area contributed by atoms with Gasteiger partial charge in [-0.15, -0.1) is 11.3 Å². The molecule has 4 rings (SSSR count). The minimum absolute atomic E-state index is 0.00993. The van der Waals surface area contributed by atoms with E-state index in [4.69, 9.17) is 4.74 Å². The molecule has 1 N–H and O–H groups in total. The predicted octanol–water partition coefficient (Wildman–Crippen LogP) is 3.28. The van der Waals surface area contributed by atoms with E-state index in [2.05, 4.69) is 10.3 Å². The summed E-state index contributed by atoms with van der Waals surface area (Å²) in [6, 6.07) is 5.72. The quantitative estimate of drug-likeness (QED) is 0.779. The molecule has 1 fully saturated rings. The third-order valence-corrected chi connectivity index (χ3v) is 7.68. The van der Waals surface area contributed by atoms with Gasteiger partial charge in [-0.05, 0) is 49.8 Å². The monoisotopic (exact) mass is 435 g/mol. The molecule has 7 nitrogen and oxygen atoms in total. The third kappa shape index (κ3) is 4.31. The molecular weight excluding hydrogens is 410 g/mol. The van der Waals surface area contributed by atoms with E-state index in [1.165, 1.54) is 21.9 Å². The Bertz CT molecular complexity index is 1010. The van der Waals surface area contributed by atoms with Gasteiger partial charge in [-0.2, -0.15) is 0 Å². The fraction of sp³-hybridized carbons (Fsp3) is 0.500. The van der Waals surface area contributed by atoms with Crippen molar-refractivity contribution in [3.05, 3.63) is 29.1 Å². The van der Waals surface area contributed by atoms with Crippen molar-refractivity contribution in [2.24, 2.45) is 5.92 Å². The fourth-order valence-electron chi connectivity index (χ4n) is 4.11. The summed E-state index contributed by atoms with van der Waals surface area (Å²) in [5.41, 5.74) is 3.46. The summed E-state index contributed by atoms with van der Waals surface area (Å²) in [6.45, 7) is 0.474. The Morgan fingerprint density at radius 2 is 2.03 bits per heavy atom. The summed E-state index contributed by atoms with van der Waals surface area (Å²) in [7, 11) is -1.53. The van der Waals surface area contributed by atoms with E-state index < -0.39 is 10.0 Å². The number of carbonyl (C=O) groups excluding carboxylic acids is 1. The first-order valence-corrected chi connectivity index (χ1v) is 12.5. The lowest BCUT2D eigenvalue weighted by molar-refractivity contribution is -0.121. The summed E-state index contributed by atoms with van der Waals surface area (Å²) < 4.78 is 30.6. The van der Waals surface area contributed by atoms with Crippen LogP contribution in [0.3, 0.4) is 0 Å². The number of benzene rings is 1. The molecule has 1 aliphatic carbocycles. The van der Waals surface area contributed by atoms with Gasteiger partial charge in [-0.1, -0.05) is 6.07 Å². The third-order valence-electron chi connectivity index (χ3n) is 5.74. The van der Waals surface area contributed by atoms with Crippen LogP contribution in [0.15, 0.2) is 23.6 Å². The topological polar surface area (TPSA) is 88.6 Å². The van der Waals surface area contributed by atoms with E-state index >= 15 is 0 Å². The van der Waals surface area contributed by atoms with Gasteiger partial charge in [-0.3, -0.25) is 9.10 Å². The highest BCUT2D eigenvalue weighted by atomic mass is 32.2. The van der Waals surface area contributed by atoms with Crippen molar-refractivity contribution < 1.29 is 17.9 Å². The zero-order chi connectivity index (χ0) is 20.6. The van der Waals surface area contributed by atoms with Crippen molar-refractivity contribution in [2.75, 3.05) is 29.5 Å². The lowest BCUT2D eigenvalue weighted by Crippen LogP contribution is -2.29. The van der Waals surface area contributed by atoms with Crippen LogP contribution in [0.5, 0.6) is 0 Å². The zero-order valence-corrected chi connectivity index (χ0v) is 18.2. The van der Waals surface area contributed by atoms with Crippen LogP contribution < -0.4 is 9.62 Å². The smallest absolute Gasteiger partial charge is 0.232 e. The SMILES string of the molecule is COC1CCC(C(=O)Nc2nc(-c3ccc4c(c3)CCN4S(C)(=O)=O)cs2)CC1. The van der Waals surface area contributed by atoms with E-state index in [0.29, 0.717) is 18.1 Å². The lowest BCUT2D eigenvalue weighted by atomic mass is 9.87. The Hall–Kier alpha value is -1.97. The first-order valence-electron chi connectivity index (χ1n) is 9.75. The van der Waals surface area contributed by atoms with Gasteiger partial charge in [0.05, 0.1) is 23.7 Å². The molecule has 1 saturated carbocycles. The molecule has 0 bridgehead atoms. The van der Waals surface area contributed by atoms with E-state index in [1.54, 1.807) is 7.11 Å². The number of methoxy groups -OCH3 is 1. The largest absolute Gasteiger partial charge is 0.381 e. The number of hydrogen-bond acceptors (Lipinski definition) is 6. The van der Waals surface area contributed by atoms with Crippen LogP contribution in [0, 0.1) is 5.92 Å². The van der Waals surface area contributed by atoms with Crippen LogP contribution in [0.4, 0.5) is 10.8 Å². The van der Waals surface area contributed by atoms with Crippen LogP contribution in [-0.2, 0) is 26.0 Å². The van der Waals surface area contributed by atoms with Gasteiger partial charge in [0.2, 0.25) is 15.9 Å². The fourth-order valence-corrected chi connectivity index (χ4v) is 5.79. The Balaban J connectivity index is 1.44. The number of hydrogen-bond donors (Lipinski definition) is 1. The highest BCUT2D eigenvalue weighted by Crippen LogP contribution is 2.35. The second-order valence-corrected chi connectivity index (χ2v) is 10.4. The molecule has 1 aromatic carbocycles. The predicted molar refractivity (Wildman–Crippen MR) is 115 cm³/mol. The molecule has 156 valence electrons. The molecule has 0 unspecified atom stereocenters. The molecule has 1 amide bonds. The number of rotatable bonds is 5. The molecule has 29 heavy (non-hydrogen) atoms. The van der Waals surface area contributed by atoms with Gasteiger partial charge in [0.1, 0.15) is 0 Å². The average Bonchev–Trinajstić information content (AvgIpc) is 3.34. The molecule has 0 radical (unpaired) electrons. The highest BCUT2D eigenvalue weighted by molar-refractivity contribution is 7.92. The van der Waals surface area contributed by atoms with Crippen LogP contribution in [0.25, 0.3) is 11.3 Å². The summed E-state index contributed by atoms with van der Waals surface area (Å²) in [5, 5.41) is 5.47. The average molecular weight is 436 g/mol. The van der Waals surface area contributed by atoms with Gasteiger partial charge < -0.3 is 10.1 Å². The number of thiazole rings is 1. The molecule has 1 aromatic heterocycles. The minimum Gasteiger partial charge on any atom is -0.381 e. The zero-order valence-electron chi connectivity index (χ0n) is 16.6. The number of carbonyl (C=O) groups is 1. The standard InChI is InChI=1S/C20H25N3O4S2/c1-27-16-6-3-13(4-7-16)19(24)22-20-21-17(12-28-20)14-5-8-18-15(11-14)9-10-23(18)29(2,25)26/h5,8,11-13,16H,3-4,6-7,9-10H2,1-2H3,(H,21,22,24). The number of amides is 1. The molecule has 2 heterocycles. The summed E-state index contributed by atoms with van der Waals surface area (Å²) in [6.07, 6.45) is 5.69. The van der Waals surface area contributed by atoms with Crippen molar-refractivity contribution in [1.29, 1.82) is 0 Å². The number of sulfonamides is 1. The first-order chi connectivity index (χ1) is 13.8. The molecular formula is C20H25N3O4S2. The number of nitrogens with one attached hydrogen (secondary N) is 1. The second-order valence-electron chi connectivity index (χ2n) is 7.67. The van der Waals surface area contributed by atoms with Crippen molar-refractivity contribution in [3.8, 4) is 11.3 Å². The van der Waals surface area contributed by atoms with E-state index in [-0.39, 0.29) is 17.9 Å². The van der Waals surface area contributed by atoms with Crippen molar-refractivity contribution in [1.82, 2.24) is 4.98 Å². The van der Waals surface area contributed by atoms with Gasteiger partial charge >= 0.3 is 0 Å². The highest BCUT2D eigenvalue weighted by Gasteiger charge is 2.28. The Morgan fingerprint density at radius 1 is 1.28 bits per heavy atom. The number of ether oxygens (including phenoxy) is 1. The maximum absolute atomic E-state index is 12.5. The number of fused-ring (bicyclic) bond motifs is 1. The lowest BCUT2D eigenvalue weighted by Gasteiger charge is -2.26. The van der Waals surface area contributed by atoms with Gasteiger partial charge in [0, 0.05) is 30.5 Å². The molecule has 9 heteroatoms. The number of aromatic nitrogens is 1. The minimum atomic E-state index is -3.25. The Labute approximate surface area is 175 Å². The van der Waals surface area contributed by atoms with E-state index in [9.17, 15) is 13.2 Å². The van der Waals surface area contributed by atoms with Crippen LogP contribution >= 0.6 is 11.3 Å². The van der Waals surface area contributed by atoms with E-state index in [1.807, 2.05) is 23.6 Å². The maximum atomic E-state index is 12.5. The van der Waals surface area contributed by atoms with Crippen LogP contribution in [0.1, 0.15) is 31.2 Å². The Kier molecular flexibility index (Phi) is 5.63. The molecule has 0 saturated heterocycles. The summed E-state index contributed by atoms with van der Waals surface area (Å²) >= 11 is 1.41. The Morgan fingerprint density at radius 3 is 2.72 bits per heavy atom. The van der Waals surface area contributed by atoms with Crippen LogP contribution in [0.2, 0.25) is 0 Å². The molecule has 1 aliphatic heterocycles. The normalized spacial score (nSPS) is 21.8. The van der Waals surface area contributed by atoms with Crippen molar-refractivity contribution >= 4 is 38.1 Å². The van der Waals surface area contributed by atoms with Crippen LogP contribution in [-0.4, -0.2) is 45.3 Å². The number of anilines is 2. The maximum Gasteiger partial charge on any atom is 0.232 e. The summed E-state index contributed by atoms with van der Waals surface area (Å²) in [5.74, 6) is 0.0360.